The van der Waals surface area contributed by atoms with Crippen LogP contribution in [0.5, 0.6) is 0 Å². The van der Waals surface area contributed by atoms with Crippen LogP contribution >= 0.6 is 11.6 Å². The summed E-state index contributed by atoms with van der Waals surface area (Å²) in [6, 6.07) is 7.41. The maximum absolute atomic E-state index is 9.19. The fourth-order valence-corrected chi connectivity index (χ4v) is 2.21. The predicted molar refractivity (Wildman–Crippen MR) is 88.7 cm³/mol. The number of hydrogen-bond acceptors (Lipinski definition) is 2. The summed E-state index contributed by atoms with van der Waals surface area (Å²) in [5, 5.41) is 9.80. The van der Waals surface area contributed by atoms with E-state index in [0.29, 0.717) is 17.1 Å². The molecule has 1 aliphatic rings. The maximum Gasteiger partial charge on any atom is 0.0998 e. The normalized spacial score (nSPS) is 14.8. The predicted octanol–water partition coefficient (Wildman–Crippen LogP) is 4.63. The second-order valence-corrected chi connectivity index (χ2v) is 5.08. The molecule has 0 spiro atoms. The molecule has 0 aromatic heterocycles. The number of aliphatic imine (C=N–C) groups is 1. The van der Waals surface area contributed by atoms with Crippen LogP contribution in [-0.2, 0) is 0 Å². The van der Waals surface area contributed by atoms with Crippen molar-refractivity contribution < 1.29 is 0 Å². The highest BCUT2D eigenvalue weighted by Crippen LogP contribution is 2.23. The zero-order valence-electron chi connectivity index (χ0n) is 11.8. The molecule has 1 aliphatic heterocycles. The molecular weight excluding hydrogens is 280 g/mol. The Bertz CT molecular complexity index is 728. The van der Waals surface area contributed by atoms with Gasteiger partial charge in [-0.25, -0.2) is 0 Å². The first-order valence-corrected chi connectivity index (χ1v) is 6.95. The largest absolute Gasteiger partial charge is 0.280 e. The first kappa shape index (κ1) is 15.0. The first-order chi connectivity index (χ1) is 10.2. The highest BCUT2D eigenvalue weighted by Gasteiger charge is 2.14. The van der Waals surface area contributed by atoms with Crippen molar-refractivity contribution >= 4 is 17.3 Å². The molecule has 0 N–H and O–H groups in total. The Balaban J connectivity index is 2.31. The van der Waals surface area contributed by atoms with Crippen LogP contribution in [0.2, 0.25) is 5.02 Å². The van der Waals surface area contributed by atoms with Crippen LogP contribution in [0.4, 0.5) is 0 Å². The van der Waals surface area contributed by atoms with Crippen LogP contribution < -0.4 is 0 Å². The molecule has 0 unspecified atom stereocenters. The molecular formula is C18H15ClN2. The fourth-order valence-electron chi connectivity index (χ4n) is 2.04. The lowest BCUT2D eigenvalue weighted by Crippen LogP contribution is -1.98. The standard InChI is InChI=1S/C18H15ClN2/c1-3-4-5-6-13(2)15-9-18(21-12-15)17-10-16(19)8-7-14(17)11-20/h3-10H,1,12H2,2H3/b5-4-,13-6+. The smallest absolute Gasteiger partial charge is 0.0998 e. The minimum Gasteiger partial charge on any atom is -0.280 e. The number of nitriles is 1. The quantitative estimate of drug-likeness (QED) is 0.746. The monoisotopic (exact) mass is 294 g/mol. The van der Waals surface area contributed by atoms with Gasteiger partial charge in [0, 0.05) is 10.6 Å². The van der Waals surface area contributed by atoms with Crippen molar-refractivity contribution in [2.75, 3.05) is 6.54 Å². The summed E-state index contributed by atoms with van der Waals surface area (Å²) >= 11 is 6.02. The molecule has 0 atom stereocenters. The first-order valence-electron chi connectivity index (χ1n) is 6.57. The Morgan fingerprint density at radius 3 is 2.95 bits per heavy atom. The van der Waals surface area contributed by atoms with Crippen molar-refractivity contribution in [3.63, 3.8) is 0 Å². The highest BCUT2D eigenvalue weighted by molar-refractivity contribution is 6.31. The molecule has 1 aromatic rings. The zero-order chi connectivity index (χ0) is 15.2. The third kappa shape index (κ3) is 3.59. The van der Waals surface area contributed by atoms with Gasteiger partial charge in [0.1, 0.15) is 0 Å². The molecule has 0 fully saturated rings. The zero-order valence-corrected chi connectivity index (χ0v) is 12.6. The number of benzene rings is 1. The van der Waals surface area contributed by atoms with Crippen molar-refractivity contribution in [2.45, 2.75) is 6.92 Å². The Labute approximate surface area is 130 Å². The molecule has 1 heterocycles. The van der Waals surface area contributed by atoms with Gasteiger partial charge >= 0.3 is 0 Å². The van der Waals surface area contributed by atoms with Gasteiger partial charge in [-0.2, -0.15) is 5.26 Å². The molecule has 0 radical (unpaired) electrons. The van der Waals surface area contributed by atoms with Crippen molar-refractivity contribution in [3.8, 4) is 6.07 Å². The van der Waals surface area contributed by atoms with Crippen LogP contribution in [0.1, 0.15) is 18.1 Å². The molecule has 0 bridgehead atoms. The second kappa shape index (κ2) is 6.88. The van der Waals surface area contributed by atoms with Gasteiger partial charge in [-0.3, -0.25) is 4.99 Å². The molecule has 104 valence electrons. The van der Waals surface area contributed by atoms with Gasteiger partial charge < -0.3 is 0 Å². The Morgan fingerprint density at radius 2 is 2.24 bits per heavy atom. The summed E-state index contributed by atoms with van der Waals surface area (Å²) in [7, 11) is 0. The Kier molecular flexibility index (Phi) is 4.92. The third-order valence-electron chi connectivity index (χ3n) is 3.21. The van der Waals surface area contributed by atoms with Crippen molar-refractivity contribution in [1.82, 2.24) is 0 Å². The molecule has 2 nitrogen and oxygen atoms in total. The van der Waals surface area contributed by atoms with Crippen LogP contribution in [0.25, 0.3) is 0 Å². The van der Waals surface area contributed by atoms with Gasteiger partial charge in [0.25, 0.3) is 0 Å². The summed E-state index contributed by atoms with van der Waals surface area (Å²) < 4.78 is 0. The van der Waals surface area contributed by atoms with E-state index in [1.54, 1.807) is 24.3 Å². The number of halogens is 1. The molecule has 1 aromatic carbocycles. The van der Waals surface area contributed by atoms with E-state index in [2.05, 4.69) is 17.6 Å². The van der Waals surface area contributed by atoms with Crippen molar-refractivity contribution in [3.05, 3.63) is 82.5 Å². The van der Waals surface area contributed by atoms with E-state index in [1.165, 1.54) is 0 Å². The summed E-state index contributed by atoms with van der Waals surface area (Å²) in [6.07, 6.45) is 9.60. The third-order valence-corrected chi connectivity index (χ3v) is 3.44. The number of allylic oxidation sites excluding steroid dienone is 5. The molecule has 2 rings (SSSR count). The van der Waals surface area contributed by atoms with E-state index in [9.17, 15) is 5.26 Å². The summed E-state index contributed by atoms with van der Waals surface area (Å²) in [6.45, 7) is 6.30. The maximum atomic E-state index is 9.19. The highest BCUT2D eigenvalue weighted by atomic mass is 35.5. The summed E-state index contributed by atoms with van der Waals surface area (Å²) in [4.78, 5) is 4.52. The molecule has 0 saturated heterocycles. The molecule has 0 aliphatic carbocycles. The van der Waals surface area contributed by atoms with Crippen molar-refractivity contribution in [2.24, 2.45) is 4.99 Å². The lowest BCUT2D eigenvalue weighted by atomic mass is 10.0. The van der Waals surface area contributed by atoms with Crippen molar-refractivity contribution in [1.29, 1.82) is 5.26 Å². The number of nitrogens with zero attached hydrogens (tertiary/aromatic N) is 2. The minimum atomic E-state index is 0.587. The second-order valence-electron chi connectivity index (χ2n) is 4.64. The van der Waals surface area contributed by atoms with E-state index in [0.717, 1.165) is 22.4 Å². The van der Waals surface area contributed by atoms with Crippen LogP contribution in [0.3, 0.4) is 0 Å². The minimum absolute atomic E-state index is 0.587. The number of hydrogen-bond donors (Lipinski definition) is 0. The molecule has 0 saturated carbocycles. The summed E-state index contributed by atoms with van der Waals surface area (Å²) in [5.41, 5.74) is 4.47. The average Bonchev–Trinajstić information content (AvgIpc) is 2.97. The molecule has 21 heavy (non-hydrogen) atoms. The molecule has 3 heteroatoms. The van der Waals surface area contributed by atoms with Crippen LogP contribution in [0, 0.1) is 11.3 Å². The van der Waals surface area contributed by atoms with E-state index in [1.807, 2.05) is 31.2 Å². The van der Waals surface area contributed by atoms with E-state index >= 15 is 0 Å². The SMILES string of the molecule is C=C/C=C\C=C(/C)C1=CC(c2cc(Cl)ccc2C#N)=NC1. The lowest BCUT2D eigenvalue weighted by Gasteiger charge is -2.02. The fraction of sp³-hybridized carbons (Fsp3) is 0.111. The molecule has 0 amide bonds. The average molecular weight is 295 g/mol. The van der Waals surface area contributed by atoms with Crippen LogP contribution in [-0.4, -0.2) is 12.3 Å². The topological polar surface area (TPSA) is 36.1 Å². The van der Waals surface area contributed by atoms with E-state index in [-0.39, 0.29) is 0 Å². The van der Waals surface area contributed by atoms with Gasteiger partial charge in [-0.05, 0) is 42.3 Å². The summed E-state index contributed by atoms with van der Waals surface area (Å²) in [5.74, 6) is 0. The van der Waals surface area contributed by atoms with Gasteiger partial charge in [0.15, 0.2) is 0 Å². The van der Waals surface area contributed by atoms with E-state index in [4.69, 9.17) is 11.6 Å². The van der Waals surface area contributed by atoms with Gasteiger partial charge in [0.2, 0.25) is 0 Å². The number of rotatable bonds is 4. The lowest BCUT2D eigenvalue weighted by molar-refractivity contribution is 1.17. The Hall–Kier alpha value is -2.37. The van der Waals surface area contributed by atoms with Gasteiger partial charge in [0.05, 0.1) is 23.9 Å². The van der Waals surface area contributed by atoms with E-state index < -0.39 is 0 Å². The Morgan fingerprint density at radius 1 is 1.43 bits per heavy atom. The van der Waals surface area contributed by atoms with Gasteiger partial charge in [-0.1, -0.05) is 42.5 Å². The van der Waals surface area contributed by atoms with Gasteiger partial charge in [-0.15, -0.1) is 0 Å². The van der Waals surface area contributed by atoms with Crippen LogP contribution in [0.15, 0.2) is 71.3 Å².